The molecule has 102 valence electrons. The molecule has 1 fully saturated rings. The van der Waals surface area contributed by atoms with Crippen LogP contribution in [0.4, 0.5) is 4.39 Å². The maximum Gasteiger partial charge on any atom is 0.123 e. The molecule has 0 aliphatic carbocycles. The molecule has 0 N–H and O–H groups in total. The van der Waals surface area contributed by atoms with Crippen LogP contribution in [-0.4, -0.2) is 18.0 Å². The highest BCUT2D eigenvalue weighted by Gasteiger charge is 2.28. The third-order valence-corrected chi connectivity index (χ3v) is 4.50. The molecule has 1 aromatic carbocycles. The lowest BCUT2D eigenvalue weighted by Crippen LogP contribution is -2.38. The van der Waals surface area contributed by atoms with Gasteiger partial charge < -0.3 is 0 Å². The van der Waals surface area contributed by atoms with Crippen molar-refractivity contribution in [3.8, 4) is 6.07 Å². The molecular weight excluding hydrogens is 239 g/mol. The first-order chi connectivity index (χ1) is 9.06. The van der Waals surface area contributed by atoms with Gasteiger partial charge in [0.2, 0.25) is 0 Å². The first-order valence-electron chi connectivity index (χ1n) is 6.97. The molecule has 19 heavy (non-hydrogen) atoms. The standard InChI is InChI=1S/C16H21FN2/c1-3-16(2)6-8-19(9-7-16)12-14-10-15(17)5-4-13(14)11-18/h4-5,10H,3,6-9,12H2,1-2H3. The molecule has 0 saturated carbocycles. The Kier molecular flexibility index (Phi) is 4.21. The van der Waals surface area contributed by atoms with Crippen molar-refractivity contribution in [2.24, 2.45) is 5.41 Å². The first kappa shape index (κ1) is 14.0. The molecule has 2 nitrogen and oxygen atoms in total. The van der Waals surface area contributed by atoms with E-state index in [1.54, 1.807) is 6.07 Å². The molecule has 1 aliphatic heterocycles. The SMILES string of the molecule is CCC1(C)CCN(Cc2cc(F)ccc2C#N)CC1. The molecule has 1 saturated heterocycles. The van der Waals surface area contributed by atoms with Crippen LogP contribution < -0.4 is 0 Å². The van der Waals surface area contributed by atoms with E-state index in [0.717, 1.165) is 18.7 Å². The van der Waals surface area contributed by atoms with Crippen LogP contribution in [0.1, 0.15) is 44.2 Å². The Balaban J connectivity index is 2.04. The van der Waals surface area contributed by atoms with Crippen LogP contribution in [0, 0.1) is 22.6 Å². The zero-order valence-corrected chi connectivity index (χ0v) is 11.7. The quantitative estimate of drug-likeness (QED) is 0.828. The van der Waals surface area contributed by atoms with Crippen molar-refractivity contribution in [1.29, 1.82) is 5.26 Å². The predicted octanol–water partition coefficient (Wildman–Crippen LogP) is 3.71. The number of rotatable bonds is 3. The number of nitrogens with zero attached hydrogens (tertiary/aromatic N) is 2. The van der Waals surface area contributed by atoms with Crippen LogP contribution in [0.25, 0.3) is 0 Å². The van der Waals surface area contributed by atoms with Gasteiger partial charge in [0, 0.05) is 6.54 Å². The fourth-order valence-electron chi connectivity index (χ4n) is 2.65. The van der Waals surface area contributed by atoms with E-state index in [-0.39, 0.29) is 5.82 Å². The molecular formula is C16H21FN2. The number of likely N-dealkylation sites (tertiary alicyclic amines) is 1. The Labute approximate surface area is 114 Å². The van der Waals surface area contributed by atoms with Gasteiger partial charge in [-0.05, 0) is 55.1 Å². The van der Waals surface area contributed by atoms with Crippen LogP contribution >= 0.6 is 0 Å². The Hall–Kier alpha value is -1.40. The van der Waals surface area contributed by atoms with E-state index in [4.69, 9.17) is 5.26 Å². The molecule has 1 aromatic rings. The van der Waals surface area contributed by atoms with Gasteiger partial charge in [-0.3, -0.25) is 4.90 Å². The van der Waals surface area contributed by atoms with Crippen molar-refractivity contribution in [2.45, 2.75) is 39.7 Å². The van der Waals surface area contributed by atoms with Crippen LogP contribution in [0.2, 0.25) is 0 Å². The Morgan fingerprint density at radius 3 is 2.63 bits per heavy atom. The summed E-state index contributed by atoms with van der Waals surface area (Å²) in [4.78, 5) is 2.33. The fraction of sp³-hybridized carbons (Fsp3) is 0.562. The van der Waals surface area contributed by atoms with E-state index in [0.29, 0.717) is 17.5 Å². The van der Waals surface area contributed by atoms with Crippen molar-refractivity contribution in [2.75, 3.05) is 13.1 Å². The fourth-order valence-corrected chi connectivity index (χ4v) is 2.65. The van der Waals surface area contributed by atoms with Crippen LogP contribution in [-0.2, 0) is 6.54 Å². The second kappa shape index (κ2) is 5.71. The summed E-state index contributed by atoms with van der Waals surface area (Å²) in [6, 6.07) is 6.57. The molecule has 0 bridgehead atoms. The predicted molar refractivity (Wildman–Crippen MR) is 74.0 cm³/mol. The van der Waals surface area contributed by atoms with Gasteiger partial charge >= 0.3 is 0 Å². The van der Waals surface area contributed by atoms with Crippen molar-refractivity contribution in [1.82, 2.24) is 4.90 Å². The molecule has 0 unspecified atom stereocenters. The molecule has 0 amide bonds. The third-order valence-electron chi connectivity index (χ3n) is 4.50. The number of halogens is 1. The lowest BCUT2D eigenvalue weighted by Gasteiger charge is -2.39. The van der Waals surface area contributed by atoms with E-state index in [1.807, 2.05) is 0 Å². The maximum absolute atomic E-state index is 13.3. The van der Waals surface area contributed by atoms with Gasteiger partial charge in [-0.1, -0.05) is 20.3 Å². The van der Waals surface area contributed by atoms with E-state index < -0.39 is 0 Å². The monoisotopic (exact) mass is 260 g/mol. The average molecular weight is 260 g/mol. The molecule has 0 radical (unpaired) electrons. The van der Waals surface area contributed by atoms with Crippen molar-refractivity contribution >= 4 is 0 Å². The second-order valence-electron chi connectivity index (χ2n) is 5.85. The maximum atomic E-state index is 13.3. The van der Waals surface area contributed by atoms with Gasteiger partial charge in [0.1, 0.15) is 5.82 Å². The number of benzene rings is 1. The average Bonchev–Trinajstić information content (AvgIpc) is 2.42. The zero-order chi connectivity index (χ0) is 13.9. The zero-order valence-electron chi connectivity index (χ0n) is 11.7. The molecule has 0 spiro atoms. The summed E-state index contributed by atoms with van der Waals surface area (Å²) in [7, 11) is 0. The van der Waals surface area contributed by atoms with Crippen LogP contribution in [0.5, 0.6) is 0 Å². The molecule has 1 heterocycles. The topological polar surface area (TPSA) is 27.0 Å². The highest BCUT2D eigenvalue weighted by atomic mass is 19.1. The van der Waals surface area contributed by atoms with E-state index in [2.05, 4.69) is 24.8 Å². The van der Waals surface area contributed by atoms with E-state index in [1.165, 1.54) is 31.4 Å². The summed E-state index contributed by atoms with van der Waals surface area (Å²) in [6.45, 7) is 7.33. The van der Waals surface area contributed by atoms with Gasteiger partial charge in [0.15, 0.2) is 0 Å². The number of piperidine rings is 1. The van der Waals surface area contributed by atoms with Gasteiger partial charge in [-0.15, -0.1) is 0 Å². The minimum atomic E-state index is -0.260. The Morgan fingerprint density at radius 1 is 1.37 bits per heavy atom. The van der Waals surface area contributed by atoms with Gasteiger partial charge in [0.25, 0.3) is 0 Å². The largest absolute Gasteiger partial charge is 0.299 e. The first-order valence-corrected chi connectivity index (χ1v) is 6.97. The van der Waals surface area contributed by atoms with Gasteiger partial charge in [-0.25, -0.2) is 4.39 Å². The highest BCUT2D eigenvalue weighted by Crippen LogP contribution is 2.34. The summed E-state index contributed by atoms with van der Waals surface area (Å²) in [6.07, 6.45) is 3.58. The number of nitriles is 1. The second-order valence-corrected chi connectivity index (χ2v) is 5.85. The van der Waals surface area contributed by atoms with Crippen molar-refractivity contribution in [3.05, 3.63) is 35.1 Å². The van der Waals surface area contributed by atoms with E-state index in [9.17, 15) is 4.39 Å². The van der Waals surface area contributed by atoms with Gasteiger partial charge in [-0.2, -0.15) is 5.26 Å². The molecule has 2 rings (SSSR count). The van der Waals surface area contributed by atoms with Crippen LogP contribution in [0.3, 0.4) is 0 Å². The molecule has 0 atom stereocenters. The summed E-state index contributed by atoms with van der Waals surface area (Å²) >= 11 is 0. The summed E-state index contributed by atoms with van der Waals surface area (Å²) in [5, 5.41) is 9.07. The Morgan fingerprint density at radius 2 is 2.05 bits per heavy atom. The van der Waals surface area contributed by atoms with E-state index >= 15 is 0 Å². The molecule has 0 aromatic heterocycles. The lowest BCUT2D eigenvalue weighted by atomic mass is 9.78. The minimum Gasteiger partial charge on any atom is -0.299 e. The third kappa shape index (κ3) is 3.33. The Bertz CT molecular complexity index is 482. The van der Waals surface area contributed by atoms with Gasteiger partial charge in [0.05, 0.1) is 11.6 Å². The summed E-state index contributed by atoms with van der Waals surface area (Å²) in [5.74, 6) is -0.260. The minimum absolute atomic E-state index is 0.260. The molecule has 3 heteroatoms. The smallest absolute Gasteiger partial charge is 0.123 e. The normalized spacial score (nSPS) is 19.1. The van der Waals surface area contributed by atoms with Crippen molar-refractivity contribution in [3.63, 3.8) is 0 Å². The lowest BCUT2D eigenvalue weighted by molar-refractivity contribution is 0.109. The number of hydrogen-bond acceptors (Lipinski definition) is 2. The molecule has 1 aliphatic rings. The van der Waals surface area contributed by atoms with Crippen molar-refractivity contribution < 1.29 is 4.39 Å². The number of hydrogen-bond donors (Lipinski definition) is 0. The van der Waals surface area contributed by atoms with Crippen LogP contribution in [0.15, 0.2) is 18.2 Å². The highest BCUT2D eigenvalue weighted by molar-refractivity contribution is 5.37. The summed E-state index contributed by atoms with van der Waals surface area (Å²) < 4.78 is 13.3. The summed E-state index contributed by atoms with van der Waals surface area (Å²) in [5.41, 5.74) is 1.85.